The third-order valence-electron chi connectivity index (χ3n) is 2.58. The summed E-state index contributed by atoms with van der Waals surface area (Å²) in [5, 5.41) is 3.04. The summed E-state index contributed by atoms with van der Waals surface area (Å²) in [7, 11) is 5.21. The largest absolute Gasteiger partial charge is 0.497 e. The normalized spacial score (nSPS) is 10.4. The fraction of sp³-hybridized carbons (Fsp3) is 0.538. The Morgan fingerprint density at radius 3 is 2.56 bits per heavy atom. The topological polar surface area (TPSA) is 39.7 Å². The van der Waals surface area contributed by atoms with E-state index in [1.54, 1.807) is 14.2 Å². The number of halogens is 1. The van der Waals surface area contributed by atoms with Gasteiger partial charge in [0.25, 0.3) is 0 Å². The molecule has 0 saturated heterocycles. The fourth-order valence-electron chi connectivity index (χ4n) is 1.58. The molecule has 1 aromatic carbocycles. The molecule has 1 aromatic rings. The Balaban J connectivity index is 2.63. The van der Waals surface area contributed by atoms with E-state index in [1.165, 1.54) is 0 Å². The standard InChI is InChI=1S/C13H20BrNO3/c1-15-5-7-18-6-4-11-12(14)8-10(16-2)9-13(11)17-3/h8-9,15H,4-7H2,1-3H3. The van der Waals surface area contributed by atoms with Crippen molar-refractivity contribution in [3.63, 3.8) is 0 Å². The molecule has 0 aliphatic heterocycles. The molecule has 0 aliphatic rings. The van der Waals surface area contributed by atoms with Crippen LogP contribution in [0.3, 0.4) is 0 Å². The number of rotatable bonds is 8. The number of likely N-dealkylation sites (N-methyl/N-ethyl adjacent to an activating group) is 1. The molecular formula is C13H20BrNO3. The Labute approximate surface area is 117 Å². The Morgan fingerprint density at radius 2 is 1.94 bits per heavy atom. The summed E-state index contributed by atoms with van der Waals surface area (Å²) in [5.74, 6) is 1.59. The van der Waals surface area contributed by atoms with Crippen molar-refractivity contribution in [1.29, 1.82) is 0 Å². The van der Waals surface area contributed by atoms with Crippen LogP contribution in [-0.2, 0) is 11.2 Å². The lowest BCUT2D eigenvalue weighted by Gasteiger charge is -2.13. The maximum atomic E-state index is 5.52. The summed E-state index contributed by atoms with van der Waals surface area (Å²) in [4.78, 5) is 0. The summed E-state index contributed by atoms with van der Waals surface area (Å²) >= 11 is 3.53. The monoisotopic (exact) mass is 317 g/mol. The maximum Gasteiger partial charge on any atom is 0.126 e. The van der Waals surface area contributed by atoms with Crippen LogP contribution in [0.15, 0.2) is 16.6 Å². The zero-order chi connectivity index (χ0) is 13.4. The van der Waals surface area contributed by atoms with Crippen LogP contribution in [0.25, 0.3) is 0 Å². The molecule has 5 heteroatoms. The second kappa shape index (κ2) is 8.34. The van der Waals surface area contributed by atoms with Gasteiger partial charge in [0.15, 0.2) is 0 Å². The predicted molar refractivity (Wildman–Crippen MR) is 75.7 cm³/mol. The van der Waals surface area contributed by atoms with Gasteiger partial charge in [-0.1, -0.05) is 15.9 Å². The van der Waals surface area contributed by atoms with E-state index in [2.05, 4.69) is 21.2 Å². The maximum absolute atomic E-state index is 5.52. The molecule has 0 heterocycles. The molecule has 0 aromatic heterocycles. The third-order valence-corrected chi connectivity index (χ3v) is 3.28. The van der Waals surface area contributed by atoms with Gasteiger partial charge in [-0.15, -0.1) is 0 Å². The average molecular weight is 318 g/mol. The van der Waals surface area contributed by atoms with Gasteiger partial charge in [0.2, 0.25) is 0 Å². The van der Waals surface area contributed by atoms with Crippen LogP contribution in [0.5, 0.6) is 11.5 Å². The molecule has 102 valence electrons. The molecule has 0 spiro atoms. The number of nitrogens with one attached hydrogen (secondary N) is 1. The lowest BCUT2D eigenvalue weighted by atomic mass is 10.1. The first kappa shape index (κ1) is 15.3. The van der Waals surface area contributed by atoms with Crippen LogP contribution < -0.4 is 14.8 Å². The molecule has 1 rings (SSSR count). The summed E-state index contributed by atoms with van der Waals surface area (Å²) in [5.41, 5.74) is 1.10. The quantitative estimate of drug-likeness (QED) is 0.746. The number of benzene rings is 1. The number of ether oxygens (including phenoxy) is 3. The highest BCUT2D eigenvalue weighted by molar-refractivity contribution is 9.10. The number of methoxy groups -OCH3 is 2. The van der Waals surface area contributed by atoms with Crippen LogP contribution in [0.1, 0.15) is 5.56 Å². The lowest BCUT2D eigenvalue weighted by molar-refractivity contribution is 0.139. The van der Waals surface area contributed by atoms with E-state index in [0.717, 1.165) is 34.5 Å². The first-order valence-electron chi connectivity index (χ1n) is 5.85. The second-order valence-corrected chi connectivity index (χ2v) is 4.61. The number of hydrogen-bond acceptors (Lipinski definition) is 4. The molecule has 0 atom stereocenters. The highest BCUT2D eigenvalue weighted by atomic mass is 79.9. The zero-order valence-electron chi connectivity index (χ0n) is 11.1. The molecule has 0 fully saturated rings. The van der Waals surface area contributed by atoms with Crippen molar-refractivity contribution in [2.24, 2.45) is 0 Å². The smallest absolute Gasteiger partial charge is 0.126 e. The average Bonchev–Trinajstić information content (AvgIpc) is 2.39. The van der Waals surface area contributed by atoms with E-state index < -0.39 is 0 Å². The van der Waals surface area contributed by atoms with Crippen molar-refractivity contribution in [3.8, 4) is 11.5 Å². The van der Waals surface area contributed by atoms with E-state index in [9.17, 15) is 0 Å². The summed E-state index contributed by atoms with van der Waals surface area (Å²) in [6.07, 6.45) is 0.803. The molecule has 0 amide bonds. The molecule has 4 nitrogen and oxygen atoms in total. The Hall–Kier alpha value is -0.780. The van der Waals surface area contributed by atoms with Crippen LogP contribution in [0.4, 0.5) is 0 Å². The molecule has 0 aliphatic carbocycles. The molecule has 0 saturated carbocycles. The minimum Gasteiger partial charge on any atom is -0.497 e. The second-order valence-electron chi connectivity index (χ2n) is 3.76. The number of hydrogen-bond donors (Lipinski definition) is 1. The van der Waals surface area contributed by atoms with Crippen molar-refractivity contribution in [1.82, 2.24) is 5.32 Å². The van der Waals surface area contributed by atoms with E-state index in [4.69, 9.17) is 14.2 Å². The van der Waals surface area contributed by atoms with Gasteiger partial charge in [-0.3, -0.25) is 0 Å². The Morgan fingerprint density at radius 1 is 1.17 bits per heavy atom. The minimum absolute atomic E-state index is 0.670. The SMILES string of the molecule is CNCCOCCc1c(Br)cc(OC)cc1OC. The zero-order valence-corrected chi connectivity index (χ0v) is 12.7. The van der Waals surface area contributed by atoms with Crippen molar-refractivity contribution in [2.75, 3.05) is 41.0 Å². The van der Waals surface area contributed by atoms with Gasteiger partial charge >= 0.3 is 0 Å². The van der Waals surface area contributed by atoms with Gasteiger partial charge in [0, 0.05) is 29.1 Å². The highest BCUT2D eigenvalue weighted by Gasteiger charge is 2.10. The van der Waals surface area contributed by atoms with E-state index in [0.29, 0.717) is 13.2 Å². The Kier molecular flexibility index (Phi) is 7.08. The molecule has 0 radical (unpaired) electrons. The Bertz CT molecular complexity index is 371. The highest BCUT2D eigenvalue weighted by Crippen LogP contribution is 2.32. The fourth-order valence-corrected chi connectivity index (χ4v) is 2.20. The van der Waals surface area contributed by atoms with Crippen molar-refractivity contribution in [3.05, 3.63) is 22.2 Å². The summed E-state index contributed by atoms with van der Waals surface area (Å²) < 4.78 is 17.1. The predicted octanol–water partition coefficient (Wildman–Crippen LogP) is 2.24. The van der Waals surface area contributed by atoms with Gasteiger partial charge in [-0.05, 0) is 13.1 Å². The van der Waals surface area contributed by atoms with Gasteiger partial charge in [-0.25, -0.2) is 0 Å². The molecule has 18 heavy (non-hydrogen) atoms. The van der Waals surface area contributed by atoms with Gasteiger partial charge in [0.1, 0.15) is 11.5 Å². The first-order valence-corrected chi connectivity index (χ1v) is 6.65. The minimum atomic E-state index is 0.670. The lowest BCUT2D eigenvalue weighted by Crippen LogP contribution is -2.15. The summed E-state index contributed by atoms with van der Waals surface area (Å²) in [6.45, 7) is 2.25. The molecule has 0 bridgehead atoms. The van der Waals surface area contributed by atoms with Crippen molar-refractivity contribution in [2.45, 2.75) is 6.42 Å². The first-order chi connectivity index (χ1) is 8.72. The summed E-state index contributed by atoms with van der Waals surface area (Å²) in [6, 6.07) is 3.82. The van der Waals surface area contributed by atoms with Crippen LogP contribution >= 0.6 is 15.9 Å². The van der Waals surface area contributed by atoms with Crippen LogP contribution in [-0.4, -0.2) is 41.0 Å². The molecule has 1 N–H and O–H groups in total. The van der Waals surface area contributed by atoms with Crippen LogP contribution in [0.2, 0.25) is 0 Å². The van der Waals surface area contributed by atoms with Crippen molar-refractivity contribution >= 4 is 15.9 Å². The van der Waals surface area contributed by atoms with E-state index in [1.807, 2.05) is 19.2 Å². The molecule has 0 unspecified atom stereocenters. The van der Waals surface area contributed by atoms with Gasteiger partial charge in [0.05, 0.1) is 27.4 Å². The third kappa shape index (κ3) is 4.48. The van der Waals surface area contributed by atoms with Crippen molar-refractivity contribution < 1.29 is 14.2 Å². The van der Waals surface area contributed by atoms with E-state index >= 15 is 0 Å². The van der Waals surface area contributed by atoms with Gasteiger partial charge < -0.3 is 19.5 Å². The molecular weight excluding hydrogens is 298 g/mol. The van der Waals surface area contributed by atoms with Gasteiger partial charge in [-0.2, -0.15) is 0 Å². The van der Waals surface area contributed by atoms with Crippen LogP contribution in [0, 0.1) is 0 Å². The van der Waals surface area contributed by atoms with E-state index in [-0.39, 0.29) is 0 Å².